The Labute approximate surface area is 166 Å². The fourth-order valence-corrected chi connectivity index (χ4v) is 4.33. The molecule has 0 aliphatic heterocycles. The molecule has 0 unspecified atom stereocenters. The molecule has 0 fully saturated rings. The number of nitrogens with zero attached hydrogens (tertiary/aromatic N) is 1. The van der Waals surface area contributed by atoms with Crippen molar-refractivity contribution in [3.05, 3.63) is 93.6 Å². The van der Waals surface area contributed by atoms with Gasteiger partial charge in [-0.25, -0.2) is 4.98 Å². The molecule has 0 aliphatic rings. The highest BCUT2D eigenvalue weighted by Gasteiger charge is 2.19. The number of anilines is 1. The number of nitrogens with one attached hydrogen (secondary N) is 1. The minimum Gasteiger partial charge on any atom is -0.321 e. The standard InChI is InChI=1S/C22H17ClN2OS/c1-14-6-8-15(9-7-14)12-18-17-4-2-3-5-19(17)27-21(18)22(26)25-16-10-11-24-20(23)13-16/h2-11,13H,12H2,1H3,(H,24,25,26). The number of rotatable bonds is 4. The van der Waals surface area contributed by atoms with E-state index >= 15 is 0 Å². The SMILES string of the molecule is Cc1ccc(Cc2c(C(=O)Nc3ccnc(Cl)c3)sc3ccccc23)cc1. The Balaban J connectivity index is 1.73. The van der Waals surface area contributed by atoms with Crippen LogP contribution in [0, 0.1) is 6.92 Å². The molecule has 134 valence electrons. The first-order valence-electron chi connectivity index (χ1n) is 8.59. The highest BCUT2D eigenvalue weighted by molar-refractivity contribution is 7.21. The second kappa shape index (κ2) is 7.51. The minimum absolute atomic E-state index is 0.124. The van der Waals surface area contributed by atoms with E-state index in [4.69, 9.17) is 11.6 Å². The van der Waals surface area contributed by atoms with Crippen molar-refractivity contribution in [2.75, 3.05) is 5.32 Å². The molecule has 0 radical (unpaired) electrons. The number of thiophene rings is 1. The van der Waals surface area contributed by atoms with Crippen LogP contribution in [-0.2, 0) is 6.42 Å². The molecule has 27 heavy (non-hydrogen) atoms. The number of benzene rings is 2. The summed E-state index contributed by atoms with van der Waals surface area (Å²) in [7, 11) is 0. The summed E-state index contributed by atoms with van der Waals surface area (Å²) in [5.74, 6) is -0.124. The minimum atomic E-state index is -0.124. The molecule has 1 N–H and O–H groups in total. The number of amides is 1. The van der Waals surface area contributed by atoms with E-state index < -0.39 is 0 Å². The number of aromatic nitrogens is 1. The van der Waals surface area contributed by atoms with Crippen molar-refractivity contribution in [3.63, 3.8) is 0 Å². The Bertz CT molecular complexity index is 1120. The third-order valence-corrected chi connectivity index (χ3v) is 5.81. The van der Waals surface area contributed by atoms with Gasteiger partial charge in [0.1, 0.15) is 5.15 Å². The lowest BCUT2D eigenvalue weighted by Crippen LogP contribution is -2.12. The number of aryl methyl sites for hydroxylation is 1. The molecule has 0 saturated heterocycles. The quantitative estimate of drug-likeness (QED) is 0.426. The summed E-state index contributed by atoms with van der Waals surface area (Å²) in [6, 6.07) is 20.0. The van der Waals surface area contributed by atoms with E-state index in [1.807, 2.05) is 12.1 Å². The Kier molecular flexibility index (Phi) is 4.92. The van der Waals surface area contributed by atoms with Gasteiger partial charge in [-0.1, -0.05) is 59.6 Å². The summed E-state index contributed by atoms with van der Waals surface area (Å²) in [4.78, 5) is 17.7. The first kappa shape index (κ1) is 17.7. The highest BCUT2D eigenvalue weighted by atomic mass is 35.5. The molecule has 0 saturated carbocycles. The molecule has 4 aromatic rings. The maximum atomic E-state index is 13.0. The van der Waals surface area contributed by atoms with E-state index in [1.54, 1.807) is 18.3 Å². The molecule has 2 aromatic carbocycles. The summed E-state index contributed by atoms with van der Waals surface area (Å²) in [5.41, 5.74) is 4.10. The van der Waals surface area contributed by atoms with Crippen LogP contribution in [0.5, 0.6) is 0 Å². The number of carbonyl (C=O) groups excluding carboxylic acids is 1. The first-order chi connectivity index (χ1) is 13.1. The molecule has 2 aromatic heterocycles. The molecular weight excluding hydrogens is 376 g/mol. The molecule has 1 amide bonds. The van der Waals surface area contributed by atoms with Gasteiger partial charge in [-0.15, -0.1) is 11.3 Å². The predicted octanol–water partition coefficient (Wildman–Crippen LogP) is 6.10. The zero-order valence-corrected chi connectivity index (χ0v) is 16.3. The Morgan fingerprint density at radius 1 is 1.11 bits per heavy atom. The third kappa shape index (κ3) is 3.87. The van der Waals surface area contributed by atoms with E-state index in [9.17, 15) is 4.79 Å². The number of hydrogen-bond acceptors (Lipinski definition) is 3. The smallest absolute Gasteiger partial charge is 0.266 e. The van der Waals surface area contributed by atoms with Gasteiger partial charge in [0.15, 0.2) is 0 Å². The van der Waals surface area contributed by atoms with E-state index in [2.05, 4.69) is 53.6 Å². The number of halogens is 1. The largest absolute Gasteiger partial charge is 0.321 e. The maximum Gasteiger partial charge on any atom is 0.266 e. The Hall–Kier alpha value is -2.69. The van der Waals surface area contributed by atoms with Crippen LogP contribution in [0.2, 0.25) is 5.15 Å². The van der Waals surface area contributed by atoms with Crippen LogP contribution >= 0.6 is 22.9 Å². The van der Waals surface area contributed by atoms with Gasteiger partial charge in [0.2, 0.25) is 0 Å². The lowest BCUT2D eigenvalue weighted by atomic mass is 10.0. The molecule has 0 bridgehead atoms. The molecule has 0 atom stereocenters. The normalized spacial score (nSPS) is 10.9. The third-order valence-electron chi connectivity index (χ3n) is 4.39. The molecule has 3 nitrogen and oxygen atoms in total. The highest BCUT2D eigenvalue weighted by Crippen LogP contribution is 2.33. The summed E-state index contributed by atoms with van der Waals surface area (Å²) < 4.78 is 1.11. The average molecular weight is 393 g/mol. The summed E-state index contributed by atoms with van der Waals surface area (Å²) >= 11 is 7.45. The number of fused-ring (bicyclic) bond motifs is 1. The van der Waals surface area contributed by atoms with Crippen LogP contribution in [0.25, 0.3) is 10.1 Å². The zero-order valence-electron chi connectivity index (χ0n) is 14.7. The van der Waals surface area contributed by atoms with Gasteiger partial charge in [-0.05, 0) is 48.1 Å². The lowest BCUT2D eigenvalue weighted by molar-refractivity contribution is 0.103. The maximum absolute atomic E-state index is 13.0. The van der Waals surface area contributed by atoms with E-state index in [0.717, 1.165) is 20.5 Å². The van der Waals surface area contributed by atoms with E-state index in [1.165, 1.54) is 22.5 Å². The summed E-state index contributed by atoms with van der Waals surface area (Å²) in [6.45, 7) is 2.07. The van der Waals surface area contributed by atoms with Crippen LogP contribution in [0.3, 0.4) is 0 Å². The van der Waals surface area contributed by atoms with Gasteiger partial charge in [0.25, 0.3) is 5.91 Å². The number of pyridine rings is 1. The molecular formula is C22H17ClN2OS. The number of hydrogen-bond donors (Lipinski definition) is 1. The topological polar surface area (TPSA) is 42.0 Å². The summed E-state index contributed by atoms with van der Waals surface area (Å²) in [6.07, 6.45) is 2.29. The Morgan fingerprint density at radius 3 is 2.67 bits per heavy atom. The molecule has 5 heteroatoms. The van der Waals surface area contributed by atoms with Crippen molar-refractivity contribution in [1.82, 2.24) is 4.98 Å². The lowest BCUT2D eigenvalue weighted by Gasteiger charge is -2.08. The van der Waals surface area contributed by atoms with Crippen molar-refractivity contribution in [2.45, 2.75) is 13.3 Å². The fourth-order valence-electron chi connectivity index (χ4n) is 3.04. The van der Waals surface area contributed by atoms with Gasteiger partial charge in [0.05, 0.1) is 4.88 Å². The van der Waals surface area contributed by atoms with Crippen LogP contribution in [0.4, 0.5) is 5.69 Å². The van der Waals surface area contributed by atoms with Crippen molar-refractivity contribution in [3.8, 4) is 0 Å². The van der Waals surface area contributed by atoms with Gasteiger partial charge in [-0.2, -0.15) is 0 Å². The first-order valence-corrected chi connectivity index (χ1v) is 9.78. The fraction of sp³-hybridized carbons (Fsp3) is 0.0909. The van der Waals surface area contributed by atoms with Crippen molar-refractivity contribution >= 4 is 44.6 Å². The van der Waals surface area contributed by atoms with Crippen LogP contribution in [0.1, 0.15) is 26.4 Å². The molecule has 4 rings (SSSR count). The predicted molar refractivity (Wildman–Crippen MR) is 113 cm³/mol. The molecule has 0 spiro atoms. The van der Waals surface area contributed by atoms with Gasteiger partial charge < -0.3 is 5.32 Å². The second-order valence-corrected chi connectivity index (χ2v) is 7.83. The van der Waals surface area contributed by atoms with Gasteiger partial charge in [0, 0.05) is 16.6 Å². The number of carbonyl (C=O) groups is 1. The molecule has 0 aliphatic carbocycles. The van der Waals surface area contributed by atoms with Gasteiger partial charge >= 0.3 is 0 Å². The second-order valence-electron chi connectivity index (χ2n) is 6.39. The van der Waals surface area contributed by atoms with Gasteiger partial charge in [-0.3, -0.25) is 4.79 Å². The van der Waals surface area contributed by atoms with E-state index in [0.29, 0.717) is 17.3 Å². The van der Waals surface area contributed by atoms with Crippen LogP contribution in [0.15, 0.2) is 66.9 Å². The monoisotopic (exact) mass is 392 g/mol. The van der Waals surface area contributed by atoms with Crippen LogP contribution in [-0.4, -0.2) is 10.9 Å². The average Bonchev–Trinajstić information content (AvgIpc) is 3.02. The van der Waals surface area contributed by atoms with Crippen molar-refractivity contribution in [1.29, 1.82) is 0 Å². The van der Waals surface area contributed by atoms with E-state index in [-0.39, 0.29) is 5.91 Å². The summed E-state index contributed by atoms with van der Waals surface area (Å²) in [5, 5.41) is 4.42. The zero-order chi connectivity index (χ0) is 18.8. The van der Waals surface area contributed by atoms with Crippen molar-refractivity contribution < 1.29 is 4.79 Å². The van der Waals surface area contributed by atoms with Crippen molar-refractivity contribution in [2.24, 2.45) is 0 Å². The van der Waals surface area contributed by atoms with Crippen LogP contribution < -0.4 is 5.32 Å². The Morgan fingerprint density at radius 2 is 1.89 bits per heavy atom. The molecule has 2 heterocycles.